The fraction of sp³-hybridized carbons (Fsp3) is 0.533. The average molecular weight is 328 g/mol. The summed E-state index contributed by atoms with van der Waals surface area (Å²) >= 11 is 0. The molecule has 0 aliphatic heterocycles. The first-order chi connectivity index (χ1) is 10.3. The molecule has 0 bridgehead atoms. The van der Waals surface area contributed by atoms with Gasteiger partial charge in [0.05, 0.1) is 17.2 Å². The molecule has 0 saturated heterocycles. The lowest BCUT2D eigenvalue weighted by Gasteiger charge is -2.13. The Morgan fingerprint density at radius 1 is 1.32 bits per heavy atom. The topological polar surface area (TPSA) is 84.5 Å². The minimum Gasteiger partial charge on any atom is -0.492 e. The second-order valence-corrected chi connectivity index (χ2v) is 7.12. The minimum absolute atomic E-state index is 0.100. The van der Waals surface area contributed by atoms with Gasteiger partial charge in [0.15, 0.2) is 0 Å². The summed E-state index contributed by atoms with van der Waals surface area (Å²) in [5.74, 6) is 0.570. The van der Waals surface area contributed by atoms with Gasteiger partial charge < -0.3 is 10.1 Å². The summed E-state index contributed by atoms with van der Waals surface area (Å²) in [5, 5.41) is 2.59. The Morgan fingerprint density at radius 2 is 2.00 bits per heavy atom. The molecule has 0 aliphatic rings. The molecule has 0 aliphatic carbocycles. The van der Waals surface area contributed by atoms with Crippen LogP contribution in [0.2, 0.25) is 0 Å². The lowest BCUT2D eigenvalue weighted by atomic mass is 10.1. The van der Waals surface area contributed by atoms with Crippen LogP contribution in [0.1, 0.15) is 34.1 Å². The van der Waals surface area contributed by atoms with Gasteiger partial charge in [0, 0.05) is 13.5 Å². The maximum absolute atomic E-state index is 12.3. The summed E-state index contributed by atoms with van der Waals surface area (Å²) in [5.41, 5.74) is 0.348. The molecule has 124 valence electrons. The summed E-state index contributed by atoms with van der Waals surface area (Å²) in [6.07, 6.45) is 0.759. The third kappa shape index (κ3) is 5.65. The lowest BCUT2D eigenvalue weighted by Crippen LogP contribution is -2.25. The van der Waals surface area contributed by atoms with E-state index in [4.69, 9.17) is 4.74 Å². The van der Waals surface area contributed by atoms with Crippen molar-refractivity contribution in [1.82, 2.24) is 4.72 Å². The lowest BCUT2D eigenvalue weighted by molar-refractivity contribution is -0.114. The van der Waals surface area contributed by atoms with Gasteiger partial charge in [-0.05, 0) is 37.5 Å². The van der Waals surface area contributed by atoms with Crippen LogP contribution in [0.4, 0.5) is 5.69 Å². The zero-order valence-corrected chi connectivity index (χ0v) is 14.3. The van der Waals surface area contributed by atoms with Gasteiger partial charge in [0.2, 0.25) is 15.9 Å². The van der Waals surface area contributed by atoms with E-state index in [1.54, 1.807) is 6.07 Å². The van der Waals surface area contributed by atoms with Crippen molar-refractivity contribution in [2.24, 2.45) is 5.92 Å². The van der Waals surface area contributed by atoms with E-state index in [1.165, 1.54) is 19.1 Å². The van der Waals surface area contributed by atoms with E-state index < -0.39 is 10.0 Å². The first-order valence-electron chi connectivity index (χ1n) is 7.30. The number of rotatable bonds is 8. The molecule has 1 aromatic rings. The fourth-order valence-electron chi connectivity index (χ4n) is 1.81. The Kier molecular flexibility index (Phi) is 6.83. The summed E-state index contributed by atoms with van der Waals surface area (Å²) in [6, 6.07) is 4.42. The van der Waals surface area contributed by atoms with E-state index in [0.29, 0.717) is 30.5 Å². The van der Waals surface area contributed by atoms with Crippen LogP contribution < -0.4 is 14.8 Å². The third-order valence-corrected chi connectivity index (χ3v) is 4.34. The molecule has 0 fully saturated rings. The second-order valence-electron chi connectivity index (χ2n) is 5.35. The third-order valence-electron chi connectivity index (χ3n) is 2.89. The first kappa shape index (κ1) is 18.4. The van der Waals surface area contributed by atoms with Gasteiger partial charge in [0.1, 0.15) is 5.75 Å². The molecule has 22 heavy (non-hydrogen) atoms. The van der Waals surface area contributed by atoms with Crippen LogP contribution in [-0.2, 0) is 14.8 Å². The minimum atomic E-state index is -3.60. The SMILES string of the molecule is CCOc1ccc(S(=O)(=O)NCCC(C)C)cc1NC(C)=O. The molecule has 0 unspecified atom stereocenters. The van der Waals surface area contributed by atoms with E-state index >= 15 is 0 Å². The highest BCUT2D eigenvalue weighted by Gasteiger charge is 2.17. The highest BCUT2D eigenvalue weighted by atomic mass is 32.2. The van der Waals surface area contributed by atoms with E-state index in [0.717, 1.165) is 6.42 Å². The number of ether oxygens (including phenoxy) is 1. The quantitative estimate of drug-likeness (QED) is 0.767. The van der Waals surface area contributed by atoms with E-state index in [2.05, 4.69) is 10.0 Å². The van der Waals surface area contributed by atoms with Crippen LogP contribution in [0.25, 0.3) is 0 Å². The number of amides is 1. The molecule has 7 heteroatoms. The standard InChI is InChI=1S/C15H24N2O4S/c1-5-21-15-7-6-13(10-14(15)17-12(4)18)22(19,20)16-9-8-11(2)3/h6-7,10-11,16H,5,8-9H2,1-4H3,(H,17,18). The molecule has 0 spiro atoms. The van der Waals surface area contributed by atoms with Gasteiger partial charge >= 0.3 is 0 Å². The molecule has 0 heterocycles. The van der Waals surface area contributed by atoms with E-state index in [9.17, 15) is 13.2 Å². The molecule has 2 N–H and O–H groups in total. The largest absolute Gasteiger partial charge is 0.492 e. The van der Waals surface area contributed by atoms with Crippen LogP contribution in [0.15, 0.2) is 23.1 Å². The first-order valence-corrected chi connectivity index (χ1v) is 8.78. The van der Waals surface area contributed by atoms with Crippen molar-refractivity contribution in [2.45, 2.75) is 39.0 Å². The van der Waals surface area contributed by atoms with E-state index in [1.807, 2.05) is 20.8 Å². The Labute approximate surface area is 132 Å². The number of sulfonamides is 1. The fourth-order valence-corrected chi connectivity index (χ4v) is 2.88. The molecular weight excluding hydrogens is 304 g/mol. The second kappa shape index (κ2) is 8.14. The number of hydrogen-bond donors (Lipinski definition) is 2. The zero-order valence-electron chi connectivity index (χ0n) is 13.5. The number of anilines is 1. The molecule has 1 aromatic carbocycles. The van der Waals surface area contributed by atoms with Gasteiger partial charge in [-0.1, -0.05) is 13.8 Å². The normalized spacial score (nSPS) is 11.5. The summed E-state index contributed by atoms with van der Waals surface area (Å²) in [7, 11) is -3.60. The van der Waals surface area contributed by atoms with Crippen molar-refractivity contribution < 1.29 is 17.9 Å². The number of hydrogen-bond acceptors (Lipinski definition) is 4. The van der Waals surface area contributed by atoms with Crippen molar-refractivity contribution in [3.05, 3.63) is 18.2 Å². The average Bonchev–Trinajstić information content (AvgIpc) is 2.39. The highest BCUT2D eigenvalue weighted by molar-refractivity contribution is 7.89. The maximum atomic E-state index is 12.3. The summed E-state index contributed by atoms with van der Waals surface area (Å²) < 4.78 is 32.5. The smallest absolute Gasteiger partial charge is 0.240 e. The molecule has 1 rings (SSSR count). The Morgan fingerprint density at radius 3 is 2.55 bits per heavy atom. The maximum Gasteiger partial charge on any atom is 0.240 e. The van der Waals surface area contributed by atoms with Gasteiger partial charge in [0.25, 0.3) is 0 Å². The van der Waals surface area contributed by atoms with Crippen LogP contribution >= 0.6 is 0 Å². The van der Waals surface area contributed by atoms with Gasteiger partial charge in [-0.2, -0.15) is 0 Å². The number of benzene rings is 1. The van der Waals surface area contributed by atoms with Gasteiger partial charge in [-0.15, -0.1) is 0 Å². The van der Waals surface area contributed by atoms with Crippen molar-refractivity contribution in [2.75, 3.05) is 18.5 Å². The molecule has 6 nitrogen and oxygen atoms in total. The summed E-state index contributed by atoms with van der Waals surface area (Å²) in [6.45, 7) is 8.03. The van der Waals surface area contributed by atoms with Crippen LogP contribution in [0.5, 0.6) is 5.75 Å². The molecular formula is C15H24N2O4S. The zero-order chi connectivity index (χ0) is 16.8. The number of carbonyl (C=O) groups excluding carboxylic acids is 1. The molecule has 0 atom stereocenters. The molecule has 0 saturated carbocycles. The summed E-state index contributed by atoms with van der Waals surface area (Å²) in [4.78, 5) is 11.3. The Bertz CT molecular complexity index is 612. The number of nitrogens with one attached hydrogen (secondary N) is 2. The van der Waals surface area contributed by atoms with E-state index in [-0.39, 0.29) is 10.8 Å². The highest BCUT2D eigenvalue weighted by Crippen LogP contribution is 2.27. The van der Waals surface area contributed by atoms with Crippen LogP contribution in [0, 0.1) is 5.92 Å². The molecule has 0 aromatic heterocycles. The van der Waals surface area contributed by atoms with Crippen molar-refractivity contribution in [1.29, 1.82) is 0 Å². The number of carbonyl (C=O) groups is 1. The van der Waals surface area contributed by atoms with Crippen molar-refractivity contribution in [3.8, 4) is 5.75 Å². The van der Waals surface area contributed by atoms with Crippen molar-refractivity contribution in [3.63, 3.8) is 0 Å². The molecule has 1 amide bonds. The van der Waals surface area contributed by atoms with Crippen LogP contribution in [-0.4, -0.2) is 27.5 Å². The predicted octanol–water partition coefficient (Wildman–Crippen LogP) is 2.37. The van der Waals surface area contributed by atoms with Crippen LogP contribution in [0.3, 0.4) is 0 Å². The predicted molar refractivity (Wildman–Crippen MR) is 86.6 cm³/mol. The van der Waals surface area contributed by atoms with Crippen molar-refractivity contribution >= 4 is 21.6 Å². The monoisotopic (exact) mass is 328 g/mol. The van der Waals surface area contributed by atoms with Gasteiger partial charge in [-0.3, -0.25) is 4.79 Å². The van der Waals surface area contributed by atoms with Gasteiger partial charge in [-0.25, -0.2) is 13.1 Å². The Balaban J connectivity index is 3.01. The Hall–Kier alpha value is -1.60. The molecule has 0 radical (unpaired) electrons.